The molecule has 0 radical (unpaired) electrons. The van der Waals surface area contributed by atoms with Crippen molar-refractivity contribution in [3.8, 4) is 0 Å². The molecule has 0 aromatic rings. The Kier molecular flexibility index (Phi) is 3.58. The summed E-state index contributed by atoms with van der Waals surface area (Å²) in [5, 5.41) is 0. The van der Waals surface area contributed by atoms with Gasteiger partial charge >= 0.3 is 0 Å². The molecule has 0 heterocycles. The highest BCUT2D eigenvalue weighted by Crippen LogP contribution is 2.35. The van der Waals surface area contributed by atoms with Gasteiger partial charge < -0.3 is 0 Å². The average Bonchev–Trinajstić information content (AvgIpc) is 2.54. The first-order valence-electron chi connectivity index (χ1n) is 5.23. The molecule has 0 spiro atoms. The summed E-state index contributed by atoms with van der Waals surface area (Å²) in [5.41, 5.74) is 1.68. The Bertz CT molecular complexity index is 186. The van der Waals surface area contributed by atoms with Crippen molar-refractivity contribution in [2.45, 2.75) is 40.0 Å². The third-order valence-electron chi connectivity index (χ3n) is 2.63. The molecule has 0 aliphatic heterocycles. The fraction of sp³-hybridized carbons (Fsp3) is 0.667. The van der Waals surface area contributed by atoms with Crippen molar-refractivity contribution in [1.29, 1.82) is 0 Å². The minimum absolute atomic E-state index is 0.830. The molecule has 2 atom stereocenters. The van der Waals surface area contributed by atoms with Crippen LogP contribution in [0.25, 0.3) is 0 Å². The van der Waals surface area contributed by atoms with Crippen LogP contribution in [0.2, 0.25) is 0 Å². The number of rotatable bonds is 0. The van der Waals surface area contributed by atoms with E-state index in [0.29, 0.717) is 0 Å². The molecule has 0 saturated carbocycles. The first-order chi connectivity index (χ1) is 5.86. The number of allylic oxidation sites excluding steroid dienone is 4. The number of hydrogen-bond donors (Lipinski definition) is 0. The van der Waals surface area contributed by atoms with E-state index in [1.165, 1.54) is 19.3 Å². The molecule has 0 amide bonds. The monoisotopic (exact) mass is 164 g/mol. The van der Waals surface area contributed by atoms with Gasteiger partial charge in [0.1, 0.15) is 0 Å². The predicted molar refractivity (Wildman–Crippen MR) is 55.1 cm³/mol. The van der Waals surface area contributed by atoms with E-state index < -0.39 is 0 Å². The lowest BCUT2D eigenvalue weighted by molar-refractivity contribution is 0.512. The molecule has 0 nitrogen and oxygen atoms in total. The standard InChI is InChI=1S/C10H14.C2H6/c1-8-5-6-9-3-2-4-10(9)7-8;1-2/h2-3,7-9H,4-6H2,1H3;1-2H3. The van der Waals surface area contributed by atoms with Crippen LogP contribution in [0.5, 0.6) is 0 Å². The molecule has 2 rings (SSSR count). The summed E-state index contributed by atoms with van der Waals surface area (Å²) < 4.78 is 0. The summed E-state index contributed by atoms with van der Waals surface area (Å²) in [7, 11) is 0. The summed E-state index contributed by atoms with van der Waals surface area (Å²) in [6, 6.07) is 0. The molecule has 2 aliphatic rings. The van der Waals surface area contributed by atoms with Crippen LogP contribution >= 0.6 is 0 Å². The van der Waals surface area contributed by atoms with E-state index in [1.807, 2.05) is 13.8 Å². The van der Waals surface area contributed by atoms with E-state index in [-0.39, 0.29) is 0 Å². The summed E-state index contributed by atoms with van der Waals surface area (Å²) in [4.78, 5) is 0. The summed E-state index contributed by atoms with van der Waals surface area (Å²) in [6.07, 6.45) is 11.2. The van der Waals surface area contributed by atoms with Crippen molar-refractivity contribution in [3.05, 3.63) is 23.8 Å². The third kappa shape index (κ3) is 2.00. The molecule has 0 bridgehead atoms. The zero-order chi connectivity index (χ0) is 8.97. The highest BCUT2D eigenvalue weighted by Gasteiger charge is 2.20. The molecule has 2 aliphatic carbocycles. The normalized spacial score (nSPS) is 31.8. The van der Waals surface area contributed by atoms with Crippen LogP contribution in [0.15, 0.2) is 23.8 Å². The molecule has 0 aromatic carbocycles. The van der Waals surface area contributed by atoms with Crippen molar-refractivity contribution in [3.63, 3.8) is 0 Å². The van der Waals surface area contributed by atoms with Crippen LogP contribution in [-0.2, 0) is 0 Å². The zero-order valence-corrected chi connectivity index (χ0v) is 8.51. The molecule has 0 saturated heterocycles. The van der Waals surface area contributed by atoms with E-state index in [4.69, 9.17) is 0 Å². The van der Waals surface area contributed by atoms with Crippen molar-refractivity contribution in [2.75, 3.05) is 0 Å². The van der Waals surface area contributed by atoms with E-state index >= 15 is 0 Å². The zero-order valence-electron chi connectivity index (χ0n) is 8.51. The van der Waals surface area contributed by atoms with Crippen LogP contribution in [-0.4, -0.2) is 0 Å². The lowest BCUT2D eigenvalue weighted by Crippen LogP contribution is -2.07. The van der Waals surface area contributed by atoms with E-state index in [1.54, 1.807) is 5.57 Å². The highest BCUT2D eigenvalue weighted by molar-refractivity contribution is 5.25. The van der Waals surface area contributed by atoms with Gasteiger partial charge in [-0.05, 0) is 31.1 Å². The minimum Gasteiger partial charge on any atom is -0.0838 e. The Morgan fingerprint density at radius 1 is 1.25 bits per heavy atom. The first-order valence-corrected chi connectivity index (χ1v) is 5.23. The molecule has 2 unspecified atom stereocenters. The van der Waals surface area contributed by atoms with Crippen LogP contribution in [0.1, 0.15) is 40.0 Å². The summed E-state index contributed by atoms with van der Waals surface area (Å²) in [6.45, 7) is 6.32. The quantitative estimate of drug-likeness (QED) is 0.476. The van der Waals surface area contributed by atoms with Crippen molar-refractivity contribution in [2.24, 2.45) is 11.8 Å². The lowest BCUT2D eigenvalue weighted by atomic mass is 9.85. The van der Waals surface area contributed by atoms with Crippen molar-refractivity contribution in [1.82, 2.24) is 0 Å². The summed E-state index contributed by atoms with van der Waals surface area (Å²) in [5.74, 6) is 1.67. The van der Waals surface area contributed by atoms with Crippen LogP contribution in [0, 0.1) is 11.8 Å². The topological polar surface area (TPSA) is 0 Å². The van der Waals surface area contributed by atoms with Crippen molar-refractivity contribution < 1.29 is 0 Å². The first kappa shape index (κ1) is 9.57. The maximum atomic E-state index is 2.47. The maximum absolute atomic E-state index is 2.47. The van der Waals surface area contributed by atoms with Gasteiger partial charge in [-0.3, -0.25) is 0 Å². The van der Waals surface area contributed by atoms with Crippen LogP contribution < -0.4 is 0 Å². The van der Waals surface area contributed by atoms with E-state index in [0.717, 1.165) is 11.8 Å². The predicted octanol–water partition coefficient (Wildman–Crippen LogP) is 3.95. The van der Waals surface area contributed by atoms with Crippen LogP contribution in [0.4, 0.5) is 0 Å². The molecule has 0 aromatic heterocycles. The fourth-order valence-corrected chi connectivity index (χ4v) is 2.01. The summed E-state index contributed by atoms with van der Waals surface area (Å²) >= 11 is 0. The smallest absolute Gasteiger partial charge is 0.00198 e. The second kappa shape index (κ2) is 4.49. The number of fused-ring (bicyclic) bond motifs is 1. The molecule has 0 N–H and O–H groups in total. The van der Waals surface area contributed by atoms with Crippen LogP contribution in [0.3, 0.4) is 0 Å². The van der Waals surface area contributed by atoms with Gasteiger partial charge in [0.25, 0.3) is 0 Å². The van der Waals surface area contributed by atoms with Crippen molar-refractivity contribution >= 4 is 0 Å². The second-order valence-electron chi connectivity index (χ2n) is 3.53. The van der Waals surface area contributed by atoms with Gasteiger partial charge in [0.05, 0.1) is 0 Å². The Labute approximate surface area is 76.4 Å². The lowest BCUT2D eigenvalue weighted by Gasteiger charge is -2.20. The van der Waals surface area contributed by atoms with E-state index in [2.05, 4.69) is 25.2 Å². The van der Waals surface area contributed by atoms with Gasteiger partial charge in [0.15, 0.2) is 0 Å². The number of hydrogen-bond acceptors (Lipinski definition) is 0. The van der Waals surface area contributed by atoms with Gasteiger partial charge in [-0.2, -0.15) is 0 Å². The van der Waals surface area contributed by atoms with Gasteiger partial charge in [-0.25, -0.2) is 0 Å². The van der Waals surface area contributed by atoms with E-state index in [9.17, 15) is 0 Å². The average molecular weight is 164 g/mol. The van der Waals surface area contributed by atoms with Gasteiger partial charge in [-0.1, -0.05) is 44.6 Å². The largest absolute Gasteiger partial charge is 0.0838 e. The Morgan fingerprint density at radius 3 is 2.75 bits per heavy atom. The third-order valence-corrected chi connectivity index (χ3v) is 2.63. The SMILES string of the molecule is CC.CC1C=C2CC=CC2CC1. The Morgan fingerprint density at radius 2 is 2.00 bits per heavy atom. The minimum atomic E-state index is 0.830. The Hall–Kier alpha value is -0.520. The molecule has 0 heteroatoms. The van der Waals surface area contributed by atoms with Gasteiger partial charge in [0.2, 0.25) is 0 Å². The fourth-order valence-electron chi connectivity index (χ4n) is 2.01. The molecule has 0 fully saturated rings. The molecule has 12 heavy (non-hydrogen) atoms. The maximum Gasteiger partial charge on any atom is -0.00198 e. The molecular formula is C12H20. The van der Waals surface area contributed by atoms with Gasteiger partial charge in [-0.15, -0.1) is 0 Å². The second-order valence-corrected chi connectivity index (χ2v) is 3.53. The van der Waals surface area contributed by atoms with Gasteiger partial charge in [0, 0.05) is 0 Å². The Balaban J connectivity index is 0.000000336. The molecular weight excluding hydrogens is 144 g/mol. The highest BCUT2D eigenvalue weighted by atomic mass is 14.3. The molecule has 68 valence electrons.